The largest absolute Gasteiger partial charge is 0.457 e. The Balaban J connectivity index is 1.97. The van der Waals surface area contributed by atoms with Gasteiger partial charge in [0.15, 0.2) is 5.78 Å². The van der Waals surface area contributed by atoms with E-state index in [2.05, 4.69) is 11.5 Å². The second-order valence-electron chi connectivity index (χ2n) is 10.4. The van der Waals surface area contributed by atoms with E-state index < -0.39 is 23.6 Å². The normalized spacial score (nSPS) is 26.4. The lowest BCUT2D eigenvalue weighted by Gasteiger charge is -2.32. The molecule has 0 amide bonds. The summed E-state index contributed by atoms with van der Waals surface area (Å²) in [5.41, 5.74) is 7.95. The molecule has 0 saturated carbocycles. The molecule has 0 spiro atoms. The topological polar surface area (TPSA) is 61.8 Å². The minimum Gasteiger partial charge on any atom is -0.457 e. The number of hydrogen-bond donors (Lipinski definition) is 0. The fraction of sp³-hybridized carbons (Fsp3) is 0.412. The fourth-order valence-corrected chi connectivity index (χ4v) is 4.45. The van der Waals surface area contributed by atoms with E-state index in [0.717, 1.165) is 16.7 Å². The molecule has 0 N–H and O–H groups in total. The maximum atomic E-state index is 13.6. The van der Waals surface area contributed by atoms with Crippen molar-refractivity contribution in [3.63, 3.8) is 0 Å². The molecule has 1 aliphatic rings. The maximum absolute atomic E-state index is 13.6. The first kappa shape index (κ1) is 30.1. The molecular formula is C34H40O5. The van der Waals surface area contributed by atoms with Gasteiger partial charge in [0.05, 0.1) is 25.2 Å². The average molecular weight is 529 g/mol. The highest BCUT2D eigenvalue weighted by atomic mass is 16.5. The van der Waals surface area contributed by atoms with Crippen LogP contribution in [0.5, 0.6) is 0 Å². The number of cyclic esters (lactones) is 1. The van der Waals surface area contributed by atoms with Crippen molar-refractivity contribution in [2.75, 3.05) is 0 Å². The summed E-state index contributed by atoms with van der Waals surface area (Å²) < 4.78 is 18.4. The Morgan fingerprint density at radius 1 is 0.974 bits per heavy atom. The molecule has 2 aromatic carbocycles. The minimum absolute atomic E-state index is 0.0937. The summed E-state index contributed by atoms with van der Waals surface area (Å²) in [4.78, 5) is 26.4. The van der Waals surface area contributed by atoms with Gasteiger partial charge in [0.2, 0.25) is 0 Å². The van der Waals surface area contributed by atoms with Crippen LogP contribution in [0.25, 0.3) is 0 Å². The predicted octanol–water partition coefficient (Wildman–Crippen LogP) is 6.93. The van der Waals surface area contributed by atoms with Crippen molar-refractivity contribution >= 4 is 11.8 Å². The number of benzene rings is 2. The smallest absolute Gasteiger partial charge is 0.313 e. The van der Waals surface area contributed by atoms with Gasteiger partial charge >= 0.3 is 5.97 Å². The average Bonchev–Trinajstić information content (AvgIpc) is 2.95. The fourth-order valence-electron chi connectivity index (χ4n) is 4.45. The van der Waals surface area contributed by atoms with Crippen LogP contribution >= 0.6 is 0 Å². The van der Waals surface area contributed by atoms with E-state index in [4.69, 9.17) is 14.2 Å². The highest BCUT2D eigenvalue weighted by Crippen LogP contribution is 2.29. The number of ketones is 1. The first-order valence-electron chi connectivity index (χ1n) is 13.7. The lowest BCUT2D eigenvalue weighted by molar-refractivity contribution is -0.150. The van der Waals surface area contributed by atoms with Gasteiger partial charge < -0.3 is 14.2 Å². The van der Waals surface area contributed by atoms with Crippen LogP contribution in [0.15, 0.2) is 95.9 Å². The molecule has 5 heteroatoms. The van der Waals surface area contributed by atoms with E-state index in [9.17, 15) is 9.59 Å². The highest BCUT2D eigenvalue weighted by Gasteiger charge is 2.36. The maximum Gasteiger partial charge on any atom is 0.313 e. The second-order valence-corrected chi connectivity index (χ2v) is 10.4. The quantitative estimate of drug-likeness (QED) is 0.288. The van der Waals surface area contributed by atoms with Gasteiger partial charge in [-0.2, -0.15) is 0 Å². The molecule has 0 saturated heterocycles. The minimum atomic E-state index is -1.14. The van der Waals surface area contributed by atoms with E-state index in [1.807, 2.05) is 94.4 Å². The van der Waals surface area contributed by atoms with Gasteiger partial charge in [-0.05, 0) is 62.8 Å². The molecule has 0 radical (unpaired) electrons. The van der Waals surface area contributed by atoms with E-state index in [1.165, 1.54) is 6.08 Å². The van der Waals surface area contributed by atoms with Crippen molar-refractivity contribution in [1.29, 1.82) is 0 Å². The molecule has 3 rings (SSSR count). The molecule has 0 bridgehead atoms. The van der Waals surface area contributed by atoms with Crippen LogP contribution in [0, 0.1) is 11.8 Å². The van der Waals surface area contributed by atoms with E-state index in [-0.39, 0.29) is 24.4 Å². The number of esters is 1. The SMILES string of the molecule is CC[C@H]1OC(=O)[C@H](C)C=CC(=O)[C@](C)(OCc2ccccc2)C[C@@H](C)[C@H](OCc2ccccc2)C=C=C=C1C. The van der Waals surface area contributed by atoms with Crippen molar-refractivity contribution in [3.05, 3.63) is 107 Å². The summed E-state index contributed by atoms with van der Waals surface area (Å²) in [7, 11) is 0. The zero-order valence-corrected chi connectivity index (χ0v) is 23.7. The molecule has 39 heavy (non-hydrogen) atoms. The second kappa shape index (κ2) is 14.6. The predicted molar refractivity (Wildman–Crippen MR) is 153 cm³/mol. The Labute approximate surface area is 232 Å². The van der Waals surface area contributed by atoms with Crippen molar-refractivity contribution in [2.24, 2.45) is 11.8 Å². The van der Waals surface area contributed by atoms with Crippen molar-refractivity contribution in [3.8, 4) is 0 Å². The lowest BCUT2D eigenvalue weighted by Crippen LogP contribution is -2.41. The van der Waals surface area contributed by atoms with Crippen molar-refractivity contribution < 1.29 is 23.8 Å². The Morgan fingerprint density at radius 3 is 2.21 bits per heavy atom. The Morgan fingerprint density at radius 2 is 1.59 bits per heavy atom. The number of rotatable bonds is 7. The molecule has 0 aromatic heterocycles. The van der Waals surface area contributed by atoms with Crippen LogP contribution in [0.3, 0.4) is 0 Å². The van der Waals surface area contributed by atoms with Gasteiger partial charge in [0.25, 0.3) is 0 Å². The van der Waals surface area contributed by atoms with Crippen molar-refractivity contribution in [2.45, 2.75) is 78.5 Å². The van der Waals surface area contributed by atoms with Gasteiger partial charge in [-0.3, -0.25) is 9.59 Å². The summed E-state index contributed by atoms with van der Waals surface area (Å²) in [5.74, 6) is -1.28. The molecule has 5 atom stereocenters. The first-order chi connectivity index (χ1) is 18.7. The molecule has 206 valence electrons. The van der Waals surface area contributed by atoms with Crippen LogP contribution in [0.4, 0.5) is 0 Å². The van der Waals surface area contributed by atoms with Gasteiger partial charge in [-0.1, -0.05) is 92.0 Å². The summed E-state index contributed by atoms with van der Waals surface area (Å²) >= 11 is 0. The standard InChI is InChI=1S/C34H40O5/c1-6-30-25(2)14-13-19-31(37-23-28-15-9-7-10-16-28)27(4)22-34(5,38-24-29-17-11-8-12-18-29)32(35)21-20-26(3)33(36)39-30/h7-12,15-21,26-27,30-31H,6,22-24H2,1-5H3/t26-,27-,30-,31-,34-/m1/s1. The number of hydrogen-bond acceptors (Lipinski definition) is 5. The van der Waals surface area contributed by atoms with Gasteiger partial charge in [0.1, 0.15) is 11.7 Å². The number of carbonyl (C=O) groups is 2. The zero-order chi connectivity index (χ0) is 28.3. The molecule has 5 nitrogen and oxygen atoms in total. The summed E-state index contributed by atoms with van der Waals surface area (Å²) in [6.45, 7) is 10.1. The summed E-state index contributed by atoms with van der Waals surface area (Å²) in [5, 5.41) is 0. The van der Waals surface area contributed by atoms with Crippen molar-refractivity contribution in [1.82, 2.24) is 0 Å². The first-order valence-corrected chi connectivity index (χ1v) is 13.7. The van der Waals surface area contributed by atoms with Crippen LogP contribution in [0.1, 0.15) is 58.6 Å². The Kier molecular flexibility index (Phi) is 11.3. The van der Waals surface area contributed by atoms with Gasteiger partial charge in [-0.15, -0.1) is 0 Å². The van der Waals surface area contributed by atoms with Crippen LogP contribution < -0.4 is 0 Å². The third-order valence-corrected chi connectivity index (χ3v) is 7.02. The third kappa shape index (κ3) is 9.06. The third-order valence-electron chi connectivity index (χ3n) is 7.02. The molecule has 0 unspecified atom stereocenters. The molecule has 0 aliphatic carbocycles. The molecule has 0 fully saturated rings. The van der Waals surface area contributed by atoms with Crippen LogP contribution in [-0.2, 0) is 37.0 Å². The molecular weight excluding hydrogens is 488 g/mol. The summed E-state index contributed by atoms with van der Waals surface area (Å²) in [6.07, 6.45) is 5.14. The lowest BCUT2D eigenvalue weighted by atomic mass is 9.85. The summed E-state index contributed by atoms with van der Waals surface area (Å²) in [6, 6.07) is 19.7. The van der Waals surface area contributed by atoms with E-state index in [0.29, 0.717) is 19.4 Å². The number of carbonyl (C=O) groups excluding carboxylic acids is 2. The highest BCUT2D eigenvalue weighted by molar-refractivity contribution is 5.97. The Bertz CT molecular complexity index is 1220. The van der Waals surface area contributed by atoms with Crippen LogP contribution in [-0.4, -0.2) is 29.6 Å². The van der Waals surface area contributed by atoms with Gasteiger partial charge in [0, 0.05) is 5.57 Å². The molecule has 1 aliphatic heterocycles. The number of ether oxygens (including phenoxy) is 3. The zero-order valence-electron chi connectivity index (χ0n) is 23.7. The molecule has 2 aromatic rings. The van der Waals surface area contributed by atoms with E-state index >= 15 is 0 Å². The Hall–Kier alpha value is -3.46. The molecule has 1 heterocycles. The van der Waals surface area contributed by atoms with Gasteiger partial charge in [-0.25, -0.2) is 0 Å². The monoisotopic (exact) mass is 528 g/mol. The van der Waals surface area contributed by atoms with Crippen LogP contribution in [0.2, 0.25) is 0 Å². The van der Waals surface area contributed by atoms with E-state index in [1.54, 1.807) is 13.0 Å².